The molecule has 0 aromatic rings. The first kappa shape index (κ1) is 7.39. The first-order valence-electron chi connectivity index (χ1n) is 3.92. The SMILES string of the molecule is O=C(O)N1C[C@H]2CC(=NO)[C@@H]1C2. The Bertz CT molecular complexity index is 251. The molecule has 0 aromatic heterocycles. The lowest BCUT2D eigenvalue weighted by molar-refractivity contribution is 0.145. The molecule has 5 heteroatoms. The zero-order valence-electron chi connectivity index (χ0n) is 6.47. The lowest BCUT2D eigenvalue weighted by atomic mass is 10.1. The second-order valence-electron chi connectivity index (χ2n) is 3.35. The van der Waals surface area contributed by atoms with Crippen LogP contribution >= 0.6 is 0 Å². The van der Waals surface area contributed by atoms with Crippen LogP contribution in [-0.4, -0.2) is 39.6 Å². The van der Waals surface area contributed by atoms with Gasteiger partial charge in [-0.15, -0.1) is 0 Å². The quantitative estimate of drug-likeness (QED) is 0.412. The summed E-state index contributed by atoms with van der Waals surface area (Å²) in [4.78, 5) is 12.0. The maximum Gasteiger partial charge on any atom is 0.407 e. The fraction of sp³-hybridized carbons (Fsp3) is 0.714. The van der Waals surface area contributed by atoms with Gasteiger partial charge in [-0.25, -0.2) is 4.79 Å². The summed E-state index contributed by atoms with van der Waals surface area (Å²) in [6.45, 7) is 0.596. The Morgan fingerprint density at radius 3 is 2.92 bits per heavy atom. The summed E-state index contributed by atoms with van der Waals surface area (Å²) < 4.78 is 0. The third-order valence-electron chi connectivity index (χ3n) is 2.64. The Hall–Kier alpha value is -1.26. The number of carbonyl (C=O) groups is 1. The molecule has 1 saturated carbocycles. The van der Waals surface area contributed by atoms with Crippen molar-refractivity contribution in [3.63, 3.8) is 0 Å². The minimum Gasteiger partial charge on any atom is -0.465 e. The van der Waals surface area contributed by atoms with Crippen LogP contribution in [-0.2, 0) is 0 Å². The predicted octanol–water partition coefficient (Wildman–Crippen LogP) is 0.589. The molecule has 2 fully saturated rings. The maximum atomic E-state index is 10.6. The van der Waals surface area contributed by atoms with Crippen LogP contribution in [0, 0.1) is 5.92 Å². The summed E-state index contributed by atoms with van der Waals surface area (Å²) in [7, 11) is 0. The van der Waals surface area contributed by atoms with Crippen LogP contribution in [0.4, 0.5) is 4.79 Å². The number of hydrogen-bond acceptors (Lipinski definition) is 3. The number of nitrogens with zero attached hydrogens (tertiary/aromatic N) is 2. The zero-order chi connectivity index (χ0) is 8.72. The molecule has 1 aliphatic heterocycles. The van der Waals surface area contributed by atoms with Crippen LogP contribution < -0.4 is 0 Å². The largest absolute Gasteiger partial charge is 0.465 e. The highest BCUT2D eigenvalue weighted by atomic mass is 16.4. The van der Waals surface area contributed by atoms with Gasteiger partial charge in [-0.2, -0.15) is 0 Å². The summed E-state index contributed by atoms with van der Waals surface area (Å²) in [5.74, 6) is 0.372. The molecule has 1 saturated heterocycles. The molecule has 5 nitrogen and oxygen atoms in total. The Morgan fingerprint density at radius 2 is 2.42 bits per heavy atom. The van der Waals surface area contributed by atoms with Crippen molar-refractivity contribution in [2.24, 2.45) is 11.1 Å². The highest BCUT2D eigenvalue weighted by molar-refractivity contribution is 5.94. The Labute approximate surface area is 69.3 Å². The molecule has 1 amide bonds. The number of hydrogen-bond donors (Lipinski definition) is 2. The summed E-state index contributed by atoms with van der Waals surface area (Å²) in [5, 5.41) is 20.4. The van der Waals surface area contributed by atoms with Crippen molar-refractivity contribution in [2.75, 3.05) is 6.54 Å². The second-order valence-corrected chi connectivity index (χ2v) is 3.35. The number of likely N-dealkylation sites (tertiary alicyclic amines) is 1. The molecule has 0 unspecified atom stereocenters. The Morgan fingerprint density at radius 1 is 1.67 bits per heavy atom. The molecule has 66 valence electrons. The summed E-state index contributed by atoms with van der Waals surface area (Å²) in [5.41, 5.74) is 0.619. The molecule has 0 aromatic carbocycles. The van der Waals surface area contributed by atoms with E-state index in [1.165, 1.54) is 4.90 Å². The van der Waals surface area contributed by atoms with E-state index in [9.17, 15) is 4.79 Å². The Kier molecular flexibility index (Phi) is 1.46. The zero-order valence-corrected chi connectivity index (χ0v) is 6.47. The average Bonchev–Trinajstić information content (AvgIpc) is 2.60. The predicted molar refractivity (Wildman–Crippen MR) is 40.5 cm³/mol. The van der Waals surface area contributed by atoms with Crippen molar-refractivity contribution >= 4 is 11.8 Å². The van der Waals surface area contributed by atoms with Crippen molar-refractivity contribution in [1.29, 1.82) is 0 Å². The van der Waals surface area contributed by atoms with E-state index in [0.717, 1.165) is 12.8 Å². The molecule has 2 aliphatic rings. The minimum absolute atomic E-state index is 0.155. The van der Waals surface area contributed by atoms with Crippen LogP contribution in [0.25, 0.3) is 0 Å². The van der Waals surface area contributed by atoms with Crippen LogP contribution in [0.2, 0.25) is 0 Å². The number of amides is 1. The fourth-order valence-corrected chi connectivity index (χ4v) is 2.14. The molecule has 0 radical (unpaired) electrons. The smallest absolute Gasteiger partial charge is 0.407 e. The third-order valence-corrected chi connectivity index (χ3v) is 2.64. The van der Waals surface area contributed by atoms with Gasteiger partial charge >= 0.3 is 6.09 Å². The van der Waals surface area contributed by atoms with Crippen LogP contribution in [0.15, 0.2) is 5.16 Å². The van der Waals surface area contributed by atoms with E-state index in [0.29, 0.717) is 18.2 Å². The highest BCUT2D eigenvalue weighted by Crippen LogP contribution is 2.35. The second kappa shape index (κ2) is 2.36. The number of rotatable bonds is 0. The maximum absolute atomic E-state index is 10.6. The lowest BCUT2D eigenvalue weighted by Gasteiger charge is -2.24. The summed E-state index contributed by atoms with van der Waals surface area (Å²) in [6, 6.07) is -0.155. The molecule has 2 bridgehead atoms. The lowest BCUT2D eigenvalue weighted by Crippen LogP contribution is -2.41. The molecule has 2 rings (SSSR count). The molecular weight excluding hydrogens is 160 g/mol. The van der Waals surface area contributed by atoms with E-state index in [1.54, 1.807) is 0 Å². The average molecular weight is 170 g/mol. The van der Waals surface area contributed by atoms with E-state index in [4.69, 9.17) is 10.3 Å². The van der Waals surface area contributed by atoms with Gasteiger partial charge in [0.25, 0.3) is 0 Å². The van der Waals surface area contributed by atoms with Gasteiger partial charge in [-0.05, 0) is 18.8 Å². The monoisotopic (exact) mass is 170 g/mol. The van der Waals surface area contributed by atoms with Gasteiger partial charge in [0.2, 0.25) is 0 Å². The number of piperidine rings is 1. The Balaban J connectivity index is 2.20. The first-order chi connectivity index (χ1) is 5.72. The number of carboxylic acid groups (broad SMARTS) is 1. The van der Waals surface area contributed by atoms with E-state index in [2.05, 4.69) is 5.16 Å². The van der Waals surface area contributed by atoms with Gasteiger partial charge in [0.05, 0.1) is 11.8 Å². The molecule has 0 spiro atoms. The molecular formula is C7H10N2O3. The normalized spacial score (nSPS) is 36.3. The standard InChI is InChI=1S/C7H10N2O3/c10-7(11)9-3-4-1-5(8-12)6(9)2-4/h4,6,12H,1-3H2,(H,10,11)/t4-,6-/m0/s1. The first-order valence-corrected chi connectivity index (χ1v) is 3.92. The molecule has 12 heavy (non-hydrogen) atoms. The van der Waals surface area contributed by atoms with Gasteiger partial charge in [-0.3, -0.25) is 4.90 Å². The highest BCUT2D eigenvalue weighted by Gasteiger charge is 2.45. The van der Waals surface area contributed by atoms with E-state index < -0.39 is 6.09 Å². The van der Waals surface area contributed by atoms with E-state index >= 15 is 0 Å². The van der Waals surface area contributed by atoms with Crippen molar-refractivity contribution in [3.05, 3.63) is 0 Å². The van der Waals surface area contributed by atoms with Crippen LogP contribution in [0.3, 0.4) is 0 Å². The fourth-order valence-electron chi connectivity index (χ4n) is 2.14. The van der Waals surface area contributed by atoms with Crippen molar-refractivity contribution in [2.45, 2.75) is 18.9 Å². The van der Waals surface area contributed by atoms with E-state index in [1.807, 2.05) is 0 Å². The van der Waals surface area contributed by atoms with Crippen molar-refractivity contribution in [1.82, 2.24) is 4.90 Å². The molecule has 1 aliphatic carbocycles. The topological polar surface area (TPSA) is 73.1 Å². The molecule has 2 atom stereocenters. The third kappa shape index (κ3) is 0.855. The number of oxime groups is 1. The van der Waals surface area contributed by atoms with Crippen LogP contribution in [0.5, 0.6) is 0 Å². The summed E-state index contributed by atoms with van der Waals surface area (Å²) in [6.07, 6.45) is 0.666. The van der Waals surface area contributed by atoms with Gasteiger partial charge < -0.3 is 10.3 Å². The van der Waals surface area contributed by atoms with Crippen LogP contribution in [0.1, 0.15) is 12.8 Å². The summed E-state index contributed by atoms with van der Waals surface area (Å²) >= 11 is 0. The van der Waals surface area contributed by atoms with Gasteiger partial charge in [0.15, 0.2) is 0 Å². The number of fused-ring (bicyclic) bond motifs is 2. The van der Waals surface area contributed by atoms with Crippen molar-refractivity contribution in [3.8, 4) is 0 Å². The molecule has 1 heterocycles. The van der Waals surface area contributed by atoms with E-state index in [-0.39, 0.29) is 6.04 Å². The van der Waals surface area contributed by atoms with Gasteiger partial charge in [0, 0.05) is 6.54 Å². The van der Waals surface area contributed by atoms with Gasteiger partial charge in [-0.1, -0.05) is 5.16 Å². The van der Waals surface area contributed by atoms with Gasteiger partial charge in [0.1, 0.15) is 0 Å². The van der Waals surface area contributed by atoms with Crippen molar-refractivity contribution < 1.29 is 15.1 Å². The minimum atomic E-state index is -0.914. The molecule has 2 N–H and O–H groups in total.